The van der Waals surface area contributed by atoms with Crippen LogP contribution in [0.1, 0.15) is 187 Å². The molecule has 9 unspecified atom stereocenters. The molecule has 9 atom stereocenters. The van der Waals surface area contributed by atoms with Crippen molar-refractivity contribution in [2.45, 2.75) is 242 Å². The zero-order valence-electron chi connectivity index (χ0n) is 35.4. The summed E-state index contributed by atoms with van der Waals surface area (Å²) < 4.78 is 11.0. The van der Waals surface area contributed by atoms with Gasteiger partial charge < -0.3 is 50.5 Å². The van der Waals surface area contributed by atoms with Crippen molar-refractivity contribution in [1.82, 2.24) is 5.32 Å². The van der Waals surface area contributed by atoms with Crippen LogP contribution in [0.25, 0.3) is 0 Å². The van der Waals surface area contributed by atoms with E-state index in [1.807, 2.05) is 0 Å². The summed E-state index contributed by atoms with van der Waals surface area (Å²) >= 11 is 0. The minimum absolute atomic E-state index is 0.247. The normalized spacial score (nSPS) is 22.5. The largest absolute Gasteiger partial charge is 0.394 e. The summed E-state index contributed by atoms with van der Waals surface area (Å²) in [7, 11) is 0. The molecule has 1 aliphatic heterocycles. The smallest absolute Gasteiger partial charge is 0.249 e. The van der Waals surface area contributed by atoms with E-state index in [1.165, 1.54) is 89.9 Å². The van der Waals surface area contributed by atoms with Gasteiger partial charge in [0.2, 0.25) is 5.91 Å². The van der Waals surface area contributed by atoms with E-state index in [1.54, 1.807) is 0 Å². The minimum Gasteiger partial charge on any atom is -0.394 e. The Morgan fingerprint density at radius 3 is 1.54 bits per heavy atom. The summed E-state index contributed by atoms with van der Waals surface area (Å²) in [5.74, 6) is -0.713. The summed E-state index contributed by atoms with van der Waals surface area (Å²) in [5.41, 5.74) is 0. The highest BCUT2D eigenvalue weighted by Gasteiger charge is 2.44. The SMILES string of the molecule is CCCCCCC/C=C/CCCC(O)C(O)C(COC1OC(CO)C(O)C(O)C1O)NC(=O)C(O)CCCCCCCC/C=C\CCCCCCCCCCC. The van der Waals surface area contributed by atoms with Gasteiger partial charge in [-0.2, -0.15) is 0 Å². The highest BCUT2D eigenvalue weighted by Crippen LogP contribution is 2.23. The van der Waals surface area contributed by atoms with E-state index in [9.17, 15) is 40.5 Å². The van der Waals surface area contributed by atoms with Crippen molar-refractivity contribution >= 4 is 5.91 Å². The first-order valence-electron chi connectivity index (χ1n) is 22.7. The molecule has 0 aliphatic carbocycles. The zero-order valence-corrected chi connectivity index (χ0v) is 35.4. The number of ether oxygens (including phenoxy) is 2. The molecular weight excluding hydrogens is 714 g/mol. The summed E-state index contributed by atoms with van der Waals surface area (Å²) in [4.78, 5) is 13.0. The van der Waals surface area contributed by atoms with Gasteiger partial charge in [-0.25, -0.2) is 0 Å². The Hall–Kier alpha value is -1.41. The molecule has 0 aromatic rings. The molecule has 0 radical (unpaired) electrons. The first kappa shape index (κ1) is 52.6. The van der Waals surface area contributed by atoms with Gasteiger partial charge in [0, 0.05) is 0 Å². The Bertz CT molecular complexity index is 965. The third-order valence-electron chi connectivity index (χ3n) is 11.0. The van der Waals surface area contributed by atoms with E-state index in [4.69, 9.17) is 9.47 Å². The molecular formula is C45H85NO10. The van der Waals surface area contributed by atoms with Crippen molar-refractivity contribution in [2.75, 3.05) is 13.2 Å². The molecule has 11 nitrogen and oxygen atoms in total. The lowest BCUT2D eigenvalue weighted by Gasteiger charge is -2.40. The molecule has 330 valence electrons. The number of hydrogen-bond acceptors (Lipinski definition) is 10. The number of amides is 1. The fourth-order valence-corrected chi connectivity index (χ4v) is 7.14. The monoisotopic (exact) mass is 800 g/mol. The fourth-order valence-electron chi connectivity index (χ4n) is 7.14. The number of aliphatic hydroxyl groups is 7. The Balaban J connectivity index is 2.44. The molecule has 0 bridgehead atoms. The number of rotatable bonds is 37. The van der Waals surface area contributed by atoms with Gasteiger partial charge >= 0.3 is 0 Å². The maximum Gasteiger partial charge on any atom is 0.249 e. The average Bonchev–Trinajstić information content (AvgIpc) is 3.20. The molecule has 56 heavy (non-hydrogen) atoms. The summed E-state index contributed by atoms with van der Waals surface area (Å²) in [6.07, 6.45) is 26.7. The van der Waals surface area contributed by atoms with Crippen LogP contribution in [-0.2, 0) is 14.3 Å². The maximum absolute atomic E-state index is 13.0. The summed E-state index contributed by atoms with van der Waals surface area (Å²) in [5, 5.41) is 75.4. The Morgan fingerprint density at radius 1 is 0.607 bits per heavy atom. The van der Waals surface area contributed by atoms with Crippen LogP contribution in [0.5, 0.6) is 0 Å². The van der Waals surface area contributed by atoms with Crippen LogP contribution < -0.4 is 5.32 Å². The van der Waals surface area contributed by atoms with Crippen LogP contribution in [0.4, 0.5) is 0 Å². The van der Waals surface area contributed by atoms with Crippen molar-refractivity contribution in [2.24, 2.45) is 0 Å². The van der Waals surface area contributed by atoms with Gasteiger partial charge in [-0.1, -0.05) is 147 Å². The maximum atomic E-state index is 13.0. The Kier molecular flexibility index (Phi) is 33.4. The van der Waals surface area contributed by atoms with E-state index in [0.717, 1.165) is 57.8 Å². The van der Waals surface area contributed by atoms with Gasteiger partial charge in [0.05, 0.1) is 25.4 Å². The van der Waals surface area contributed by atoms with E-state index < -0.39 is 74.2 Å². The molecule has 1 rings (SSSR count). The lowest BCUT2D eigenvalue weighted by molar-refractivity contribution is -0.303. The molecule has 1 heterocycles. The Morgan fingerprint density at radius 2 is 1.05 bits per heavy atom. The third-order valence-corrected chi connectivity index (χ3v) is 11.0. The molecule has 0 aromatic carbocycles. The predicted molar refractivity (Wildman–Crippen MR) is 224 cm³/mol. The minimum atomic E-state index is -1.67. The Labute approximate surface area is 340 Å². The fraction of sp³-hybridized carbons (Fsp3) is 0.889. The average molecular weight is 800 g/mol. The highest BCUT2D eigenvalue weighted by atomic mass is 16.7. The van der Waals surface area contributed by atoms with Gasteiger partial charge in [0.15, 0.2) is 6.29 Å². The van der Waals surface area contributed by atoms with Crippen molar-refractivity contribution in [1.29, 1.82) is 0 Å². The molecule has 1 aliphatic rings. The molecule has 0 saturated carbocycles. The number of hydrogen-bond donors (Lipinski definition) is 8. The van der Waals surface area contributed by atoms with Gasteiger partial charge in [-0.05, 0) is 64.2 Å². The van der Waals surface area contributed by atoms with Crippen LogP contribution in [0.2, 0.25) is 0 Å². The van der Waals surface area contributed by atoms with Crippen LogP contribution in [-0.4, -0.2) is 110 Å². The van der Waals surface area contributed by atoms with Crippen LogP contribution in [0.15, 0.2) is 24.3 Å². The second kappa shape index (κ2) is 35.5. The first-order chi connectivity index (χ1) is 27.2. The topological polar surface area (TPSA) is 189 Å². The second-order valence-electron chi connectivity index (χ2n) is 16.1. The molecule has 1 amide bonds. The second-order valence-corrected chi connectivity index (χ2v) is 16.1. The van der Waals surface area contributed by atoms with E-state index in [2.05, 4.69) is 43.5 Å². The number of unbranched alkanes of at least 4 members (excludes halogenated alkanes) is 21. The number of carbonyl (C=O) groups excluding carboxylic acids is 1. The zero-order chi connectivity index (χ0) is 41.2. The number of aliphatic hydroxyl groups excluding tert-OH is 7. The number of allylic oxidation sites excluding steroid dienone is 4. The van der Waals surface area contributed by atoms with E-state index in [0.29, 0.717) is 12.8 Å². The predicted octanol–water partition coefficient (Wildman–Crippen LogP) is 7.06. The molecule has 1 saturated heterocycles. The third kappa shape index (κ3) is 25.2. The molecule has 0 spiro atoms. The van der Waals surface area contributed by atoms with Gasteiger partial charge in [0.1, 0.15) is 36.6 Å². The van der Waals surface area contributed by atoms with Crippen LogP contribution in [0, 0.1) is 0 Å². The molecule has 0 aromatic heterocycles. The quantitative estimate of drug-likeness (QED) is 0.0239. The highest BCUT2D eigenvalue weighted by molar-refractivity contribution is 5.80. The van der Waals surface area contributed by atoms with Gasteiger partial charge in [-0.15, -0.1) is 0 Å². The van der Waals surface area contributed by atoms with Gasteiger partial charge in [0.25, 0.3) is 0 Å². The van der Waals surface area contributed by atoms with Crippen molar-refractivity contribution < 1.29 is 50.0 Å². The lowest BCUT2D eigenvalue weighted by atomic mass is 9.98. The van der Waals surface area contributed by atoms with Crippen molar-refractivity contribution in [3.05, 3.63) is 24.3 Å². The van der Waals surface area contributed by atoms with E-state index >= 15 is 0 Å². The van der Waals surface area contributed by atoms with Crippen molar-refractivity contribution in [3.63, 3.8) is 0 Å². The molecule has 8 N–H and O–H groups in total. The lowest BCUT2D eigenvalue weighted by Crippen LogP contribution is -2.60. The van der Waals surface area contributed by atoms with Gasteiger partial charge in [-0.3, -0.25) is 4.79 Å². The summed E-state index contributed by atoms with van der Waals surface area (Å²) in [6.45, 7) is 3.38. The summed E-state index contributed by atoms with van der Waals surface area (Å²) in [6, 6.07) is -1.18. The number of nitrogens with one attached hydrogen (secondary N) is 1. The van der Waals surface area contributed by atoms with Crippen molar-refractivity contribution in [3.8, 4) is 0 Å². The van der Waals surface area contributed by atoms with Crippen LogP contribution >= 0.6 is 0 Å². The molecule has 11 heteroatoms. The first-order valence-corrected chi connectivity index (χ1v) is 22.7. The number of carbonyl (C=O) groups is 1. The molecule has 1 fully saturated rings. The van der Waals surface area contributed by atoms with Crippen LogP contribution in [0.3, 0.4) is 0 Å². The van der Waals surface area contributed by atoms with E-state index in [-0.39, 0.29) is 12.8 Å². The standard InChI is InChI=1S/C45H85NO10/c1-3-5-7-9-11-13-15-16-17-18-19-20-21-22-23-25-27-29-31-33-38(49)44(54)46-36(35-55-45-43(53)42(52)41(51)39(34-47)56-45)40(50)37(48)32-30-28-26-24-14-12-10-8-6-4-2/h19-20,24,26,36-43,45,47-53H,3-18,21-23,25,27-35H2,1-2H3,(H,46,54)/b20-19-,26-24+.